The summed E-state index contributed by atoms with van der Waals surface area (Å²) in [5.41, 5.74) is 0.937. The molecule has 3 aromatic rings. The third kappa shape index (κ3) is 3.64. The molecule has 3 heterocycles. The Bertz CT molecular complexity index is 911. The summed E-state index contributed by atoms with van der Waals surface area (Å²) in [5.74, 6) is 1.16. The van der Waals surface area contributed by atoms with Crippen LogP contribution in [0.4, 0.5) is 5.69 Å². The van der Waals surface area contributed by atoms with Gasteiger partial charge in [0, 0.05) is 12.1 Å². The Morgan fingerprint density at radius 3 is 2.81 bits per heavy atom. The fourth-order valence-electron chi connectivity index (χ4n) is 2.44. The second-order valence-electron chi connectivity index (χ2n) is 6.10. The van der Waals surface area contributed by atoms with Gasteiger partial charge in [0.2, 0.25) is 5.91 Å². The van der Waals surface area contributed by atoms with Crippen molar-refractivity contribution in [2.45, 2.75) is 19.4 Å². The van der Waals surface area contributed by atoms with E-state index in [1.54, 1.807) is 47.5 Å². The fraction of sp³-hybridized carbons (Fsp3) is 0.222. The van der Waals surface area contributed by atoms with E-state index in [4.69, 9.17) is 4.42 Å². The van der Waals surface area contributed by atoms with Crippen molar-refractivity contribution < 1.29 is 14.0 Å². The monoisotopic (exact) mass is 351 g/mol. The number of nitrogens with zero attached hydrogens (tertiary/aromatic N) is 3. The van der Waals surface area contributed by atoms with E-state index in [0.717, 1.165) is 12.8 Å². The molecule has 8 heteroatoms. The number of pyridine rings is 1. The first-order valence-electron chi connectivity index (χ1n) is 8.31. The van der Waals surface area contributed by atoms with E-state index in [1.807, 2.05) is 0 Å². The van der Waals surface area contributed by atoms with Gasteiger partial charge in [-0.1, -0.05) is 0 Å². The highest BCUT2D eigenvalue weighted by molar-refractivity contribution is 5.94. The zero-order valence-electron chi connectivity index (χ0n) is 13.9. The van der Waals surface area contributed by atoms with Crippen LogP contribution >= 0.6 is 0 Å². The number of carbonyl (C=O) groups is 2. The summed E-state index contributed by atoms with van der Waals surface area (Å²) in [6, 6.07) is 7.08. The van der Waals surface area contributed by atoms with E-state index >= 15 is 0 Å². The van der Waals surface area contributed by atoms with Crippen LogP contribution in [-0.4, -0.2) is 26.3 Å². The highest BCUT2D eigenvalue weighted by atomic mass is 16.3. The van der Waals surface area contributed by atoms with Crippen molar-refractivity contribution in [1.82, 2.24) is 19.9 Å². The molecule has 4 rings (SSSR count). The Kier molecular flexibility index (Phi) is 4.22. The number of furan rings is 1. The number of hydrogen-bond donors (Lipinski definition) is 2. The molecule has 26 heavy (non-hydrogen) atoms. The van der Waals surface area contributed by atoms with Gasteiger partial charge in [-0.15, -0.1) is 0 Å². The summed E-state index contributed by atoms with van der Waals surface area (Å²) in [4.78, 5) is 32.3. The predicted molar refractivity (Wildman–Crippen MR) is 92.6 cm³/mol. The van der Waals surface area contributed by atoms with Crippen LogP contribution < -0.4 is 10.6 Å². The summed E-state index contributed by atoms with van der Waals surface area (Å²) >= 11 is 0. The lowest BCUT2D eigenvalue weighted by molar-refractivity contribution is -0.117. The number of aromatic nitrogens is 3. The normalized spacial score (nSPS) is 13.4. The molecule has 2 amide bonds. The van der Waals surface area contributed by atoms with Crippen LogP contribution in [0.15, 0.2) is 53.7 Å². The molecule has 8 nitrogen and oxygen atoms in total. The van der Waals surface area contributed by atoms with Gasteiger partial charge >= 0.3 is 0 Å². The summed E-state index contributed by atoms with van der Waals surface area (Å²) in [7, 11) is 0. The lowest BCUT2D eigenvalue weighted by atomic mass is 10.3. The quantitative estimate of drug-likeness (QED) is 0.708. The molecule has 0 bridgehead atoms. The Labute approximate surface area is 149 Å². The molecule has 0 saturated heterocycles. The number of carbonyl (C=O) groups excluding carboxylic acids is 2. The number of rotatable bonds is 6. The van der Waals surface area contributed by atoms with Crippen LogP contribution in [0.5, 0.6) is 0 Å². The average Bonchev–Trinajstić information content (AvgIpc) is 3.17. The molecule has 0 radical (unpaired) electrons. The lowest BCUT2D eigenvalue weighted by Gasteiger charge is -2.05. The molecule has 0 spiro atoms. The minimum absolute atomic E-state index is 0.0395. The zero-order valence-corrected chi connectivity index (χ0v) is 13.9. The second kappa shape index (κ2) is 6.83. The zero-order chi connectivity index (χ0) is 17.9. The second-order valence-corrected chi connectivity index (χ2v) is 6.10. The van der Waals surface area contributed by atoms with E-state index in [0.29, 0.717) is 23.8 Å². The Morgan fingerprint density at radius 2 is 2.12 bits per heavy atom. The van der Waals surface area contributed by atoms with Crippen molar-refractivity contribution in [3.63, 3.8) is 0 Å². The number of anilines is 1. The largest absolute Gasteiger partial charge is 0.467 e. The molecule has 0 unspecified atom stereocenters. The average molecular weight is 351 g/mol. The van der Waals surface area contributed by atoms with Crippen molar-refractivity contribution in [2.24, 2.45) is 5.92 Å². The third-order valence-corrected chi connectivity index (χ3v) is 4.05. The van der Waals surface area contributed by atoms with Crippen LogP contribution in [0.1, 0.15) is 29.1 Å². The number of amides is 2. The molecule has 1 aliphatic rings. The Morgan fingerprint density at radius 1 is 1.23 bits per heavy atom. The van der Waals surface area contributed by atoms with Crippen LogP contribution in [-0.2, 0) is 11.3 Å². The first-order chi connectivity index (χ1) is 12.7. The molecule has 1 aliphatic carbocycles. The standard InChI is InChI=1S/C18H17N5O3/c24-17(12-3-4-12)22-13-5-6-16(19-8-13)23-10-15(21-11-23)18(25)20-9-14-2-1-7-26-14/h1-2,5-8,10-12H,3-4,9H2,(H,20,25)(H,22,24). The maximum absolute atomic E-state index is 12.1. The van der Waals surface area contributed by atoms with Gasteiger partial charge in [-0.25, -0.2) is 9.97 Å². The van der Waals surface area contributed by atoms with E-state index in [-0.39, 0.29) is 23.4 Å². The fourth-order valence-corrected chi connectivity index (χ4v) is 2.44. The van der Waals surface area contributed by atoms with Crippen LogP contribution in [0.2, 0.25) is 0 Å². The lowest BCUT2D eigenvalue weighted by Crippen LogP contribution is -2.22. The molecule has 1 fully saturated rings. The van der Waals surface area contributed by atoms with Crippen molar-refractivity contribution in [3.05, 3.63) is 60.7 Å². The molecular formula is C18H17N5O3. The predicted octanol–water partition coefficient (Wildman–Crippen LogP) is 2.14. The number of nitrogens with one attached hydrogen (secondary N) is 2. The highest BCUT2D eigenvalue weighted by Gasteiger charge is 2.29. The van der Waals surface area contributed by atoms with E-state index in [9.17, 15) is 9.59 Å². The molecule has 132 valence electrons. The van der Waals surface area contributed by atoms with Gasteiger partial charge in [-0.05, 0) is 37.1 Å². The molecule has 0 atom stereocenters. The van der Waals surface area contributed by atoms with Gasteiger partial charge in [0.1, 0.15) is 23.6 Å². The van der Waals surface area contributed by atoms with Gasteiger partial charge in [-0.3, -0.25) is 14.2 Å². The van der Waals surface area contributed by atoms with Gasteiger partial charge in [-0.2, -0.15) is 0 Å². The van der Waals surface area contributed by atoms with Crippen molar-refractivity contribution in [2.75, 3.05) is 5.32 Å². The SMILES string of the molecule is O=C(NCc1ccco1)c1cn(-c2ccc(NC(=O)C3CC3)cn2)cn1. The first-order valence-corrected chi connectivity index (χ1v) is 8.31. The van der Waals surface area contributed by atoms with Gasteiger partial charge < -0.3 is 15.1 Å². The summed E-state index contributed by atoms with van der Waals surface area (Å²) in [5, 5.41) is 5.57. The topological polar surface area (TPSA) is 102 Å². The molecular weight excluding hydrogens is 334 g/mol. The van der Waals surface area contributed by atoms with E-state index in [2.05, 4.69) is 20.6 Å². The van der Waals surface area contributed by atoms with Crippen LogP contribution in [0.3, 0.4) is 0 Å². The molecule has 0 aliphatic heterocycles. The number of hydrogen-bond acceptors (Lipinski definition) is 5. The minimum atomic E-state index is -0.298. The summed E-state index contributed by atoms with van der Waals surface area (Å²) < 4.78 is 6.82. The van der Waals surface area contributed by atoms with E-state index < -0.39 is 0 Å². The first kappa shape index (κ1) is 16.1. The van der Waals surface area contributed by atoms with Crippen LogP contribution in [0.25, 0.3) is 5.82 Å². The maximum Gasteiger partial charge on any atom is 0.271 e. The molecule has 0 aromatic carbocycles. The molecule has 3 aromatic heterocycles. The molecule has 2 N–H and O–H groups in total. The van der Waals surface area contributed by atoms with Crippen LogP contribution in [0, 0.1) is 5.92 Å². The smallest absolute Gasteiger partial charge is 0.271 e. The van der Waals surface area contributed by atoms with Crippen molar-refractivity contribution >= 4 is 17.5 Å². The summed E-state index contributed by atoms with van der Waals surface area (Å²) in [6.45, 7) is 0.298. The van der Waals surface area contributed by atoms with Crippen molar-refractivity contribution in [1.29, 1.82) is 0 Å². The highest BCUT2D eigenvalue weighted by Crippen LogP contribution is 2.30. The van der Waals surface area contributed by atoms with Gasteiger partial charge in [0.05, 0.1) is 24.7 Å². The maximum atomic E-state index is 12.1. The molecule has 1 saturated carbocycles. The minimum Gasteiger partial charge on any atom is -0.467 e. The van der Waals surface area contributed by atoms with Gasteiger partial charge in [0.25, 0.3) is 5.91 Å². The Balaban J connectivity index is 1.38. The number of imidazole rings is 1. The summed E-state index contributed by atoms with van der Waals surface area (Å²) in [6.07, 6.45) is 8.17. The van der Waals surface area contributed by atoms with Gasteiger partial charge in [0.15, 0.2) is 0 Å². The Hall–Kier alpha value is -3.42. The van der Waals surface area contributed by atoms with E-state index in [1.165, 1.54) is 6.33 Å². The van der Waals surface area contributed by atoms with Crippen molar-refractivity contribution in [3.8, 4) is 5.82 Å². The third-order valence-electron chi connectivity index (χ3n) is 4.05.